The standard InChI is InChI=1S/C15H20N4O3S/c1-11(16-2)9-14-17-15(22-18-14)12-5-3-6-13(10-12)19-7-4-8-23(19,20)21/h3,5-6,10-11,16H,4,7-9H2,1-2H3. The van der Waals surface area contributed by atoms with Crippen molar-refractivity contribution in [2.45, 2.75) is 25.8 Å². The molecule has 1 saturated heterocycles. The van der Waals surface area contributed by atoms with Crippen LogP contribution >= 0.6 is 0 Å². The third kappa shape index (κ3) is 3.37. The zero-order valence-corrected chi connectivity index (χ0v) is 14.0. The van der Waals surface area contributed by atoms with Crippen LogP contribution < -0.4 is 9.62 Å². The van der Waals surface area contributed by atoms with E-state index < -0.39 is 10.0 Å². The summed E-state index contributed by atoms with van der Waals surface area (Å²) in [6.07, 6.45) is 1.32. The molecule has 8 heteroatoms. The number of nitrogens with zero attached hydrogens (tertiary/aromatic N) is 3. The van der Waals surface area contributed by atoms with Crippen LogP contribution in [0.15, 0.2) is 28.8 Å². The van der Waals surface area contributed by atoms with Gasteiger partial charge in [0.25, 0.3) is 5.89 Å². The monoisotopic (exact) mass is 336 g/mol. The highest BCUT2D eigenvalue weighted by molar-refractivity contribution is 7.93. The second-order valence-corrected chi connectivity index (χ2v) is 7.71. The maximum Gasteiger partial charge on any atom is 0.257 e. The zero-order chi connectivity index (χ0) is 16.4. The van der Waals surface area contributed by atoms with E-state index in [-0.39, 0.29) is 11.8 Å². The van der Waals surface area contributed by atoms with Crippen molar-refractivity contribution in [3.05, 3.63) is 30.1 Å². The van der Waals surface area contributed by atoms with E-state index in [0.29, 0.717) is 36.8 Å². The minimum atomic E-state index is -3.19. The van der Waals surface area contributed by atoms with Gasteiger partial charge in [0, 0.05) is 24.6 Å². The summed E-state index contributed by atoms with van der Waals surface area (Å²) in [6.45, 7) is 2.55. The average molecular weight is 336 g/mol. The number of sulfonamides is 1. The molecule has 1 aromatic heterocycles. The van der Waals surface area contributed by atoms with Gasteiger partial charge in [0.1, 0.15) is 0 Å². The summed E-state index contributed by atoms with van der Waals surface area (Å²) in [7, 11) is -1.31. The molecule has 2 aromatic rings. The number of hydrogen-bond donors (Lipinski definition) is 1. The van der Waals surface area contributed by atoms with Gasteiger partial charge in [-0.2, -0.15) is 4.98 Å². The zero-order valence-electron chi connectivity index (χ0n) is 13.2. The Hall–Kier alpha value is -1.93. The molecule has 1 fully saturated rings. The fourth-order valence-electron chi connectivity index (χ4n) is 2.55. The van der Waals surface area contributed by atoms with Gasteiger partial charge in [0.15, 0.2) is 5.82 Å². The summed E-state index contributed by atoms with van der Waals surface area (Å²) in [5, 5.41) is 7.10. The normalized spacial score (nSPS) is 18.3. The average Bonchev–Trinajstić information content (AvgIpc) is 3.13. The van der Waals surface area contributed by atoms with E-state index in [2.05, 4.69) is 15.5 Å². The van der Waals surface area contributed by atoms with Crippen LogP contribution in [-0.2, 0) is 16.4 Å². The van der Waals surface area contributed by atoms with Crippen LogP contribution in [0.5, 0.6) is 0 Å². The van der Waals surface area contributed by atoms with Crippen molar-refractivity contribution in [1.82, 2.24) is 15.5 Å². The van der Waals surface area contributed by atoms with Gasteiger partial charge in [-0.3, -0.25) is 4.31 Å². The Kier molecular flexibility index (Phi) is 4.36. The third-order valence-corrected chi connectivity index (χ3v) is 5.80. The molecule has 0 spiro atoms. The molecule has 0 saturated carbocycles. The highest BCUT2D eigenvalue weighted by Crippen LogP contribution is 2.28. The highest BCUT2D eigenvalue weighted by atomic mass is 32.2. The fourth-order valence-corrected chi connectivity index (χ4v) is 4.11. The lowest BCUT2D eigenvalue weighted by Crippen LogP contribution is -2.24. The maximum atomic E-state index is 12.0. The minimum Gasteiger partial charge on any atom is -0.334 e. The molecule has 0 radical (unpaired) electrons. The molecule has 1 aliphatic heterocycles. The molecule has 1 N–H and O–H groups in total. The van der Waals surface area contributed by atoms with Crippen LogP contribution in [0.4, 0.5) is 5.69 Å². The van der Waals surface area contributed by atoms with Crippen molar-refractivity contribution in [1.29, 1.82) is 0 Å². The molecule has 1 aliphatic rings. The van der Waals surface area contributed by atoms with E-state index in [9.17, 15) is 8.42 Å². The first-order valence-electron chi connectivity index (χ1n) is 7.60. The second kappa shape index (κ2) is 6.29. The lowest BCUT2D eigenvalue weighted by molar-refractivity contribution is 0.418. The Morgan fingerprint density at radius 1 is 1.43 bits per heavy atom. The Morgan fingerprint density at radius 2 is 2.26 bits per heavy atom. The largest absolute Gasteiger partial charge is 0.334 e. The molecule has 124 valence electrons. The fraction of sp³-hybridized carbons (Fsp3) is 0.467. The summed E-state index contributed by atoms with van der Waals surface area (Å²) in [6, 6.07) is 7.46. The summed E-state index contributed by atoms with van der Waals surface area (Å²) in [5.74, 6) is 1.23. The smallest absolute Gasteiger partial charge is 0.257 e. The number of likely N-dealkylation sites (N-methyl/N-ethyl adjacent to an activating group) is 1. The van der Waals surface area contributed by atoms with Gasteiger partial charge in [0.2, 0.25) is 10.0 Å². The maximum absolute atomic E-state index is 12.0. The number of nitrogens with one attached hydrogen (secondary N) is 1. The van der Waals surface area contributed by atoms with E-state index in [1.807, 2.05) is 20.0 Å². The first-order chi connectivity index (χ1) is 11.0. The molecule has 2 heterocycles. The van der Waals surface area contributed by atoms with Crippen LogP contribution in [0, 0.1) is 0 Å². The topological polar surface area (TPSA) is 88.3 Å². The summed E-state index contributed by atoms with van der Waals surface area (Å²) >= 11 is 0. The molecular weight excluding hydrogens is 316 g/mol. The minimum absolute atomic E-state index is 0.198. The van der Waals surface area contributed by atoms with Crippen LogP contribution in [0.2, 0.25) is 0 Å². The van der Waals surface area contributed by atoms with E-state index in [1.54, 1.807) is 18.2 Å². The second-order valence-electron chi connectivity index (χ2n) is 5.70. The molecule has 23 heavy (non-hydrogen) atoms. The number of aromatic nitrogens is 2. The van der Waals surface area contributed by atoms with Crippen LogP contribution in [-0.4, -0.2) is 43.9 Å². The van der Waals surface area contributed by atoms with E-state index >= 15 is 0 Å². The predicted octanol–water partition coefficient (Wildman–Crippen LogP) is 1.43. The summed E-state index contributed by atoms with van der Waals surface area (Å²) in [5.41, 5.74) is 1.36. The van der Waals surface area contributed by atoms with Gasteiger partial charge in [-0.1, -0.05) is 11.2 Å². The Balaban J connectivity index is 1.86. The Bertz CT molecular complexity index is 788. The summed E-state index contributed by atoms with van der Waals surface area (Å²) in [4.78, 5) is 4.39. The van der Waals surface area contributed by atoms with Crippen molar-refractivity contribution >= 4 is 15.7 Å². The first-order valence-corrected chi connectivity index (χ1v) is 9.21. The molecule has 7 nitrogen and oxygen atoms in total. The molecule has 3 rings (SSSR count). The number of benzene rings is 1. The Labute approximate surface area is 135 Å². The number of hydrogen-bond acceptors (Lipinski definition) is 6. The van der Waals surface area contributed by atoms with Gasteiger partial charge in [0.05, 0.1) is 11.4 Å². The third-order valence-electron chi connectivity index (χ3n) is 3.93. The van der Waals surface area contributed by atoms with Gasteiger partial charge >= 0.3 is 0 Å². The number of anilines is 1. The van der Waals surface area contributed by atoms with Crippen LogP contribution in [0.3, 0.4) is 0 Å². The van der Waals surface area contributed by atoms with Crippen molar-refractivity contribution in [2.75, 3.05) is 23.7 Å². The van der Waals surface area contributed by atoms with Crippen molar-refractivity contribution in [2.24, 2.45) is 0 Å². The first kappa shape index (κ1) is 15.9. The lowest BCUT2D eigenvalue weighted by atomic mass is 10.2. The van der Waals surface area contributed by atoms with Crippen LogP contribution in [0.1, 0.15) is 19.2 Å². The molecule has 1 unspecified atom stereocenters. The van der Waals surface area contributed by atoms with E-state index in [0.717, 1.165) is 5.56 Å². The van der Waals surface area contributed by atoms with E-state index in [1.165, 1.54) is 4.31 Å². The van der Waals surface area contributed by atoms with Gasteiger partial charge < -0.3 is 9.84 Å². The molecule has 1 atom stereocenters. The lowest BCUT2D eigenvalue weighted by Gasteiger charge is -2.17. The molecule has 1 aromatic carbocycles. The Morgan fingerprint density at radius 3 is 2.96 bits per heavy atom. The van der Waals surface area contributed by atoms with Crippen molar-refractivity contribution in [3.63, 3.8) is 0 Å². The number of rotatable bonds is 5. The molecule has 0 amide bonds. The molecule has 0 aliphatic carbocycles. The van der Waals surface area contributed by atoms with Crippen LogP contribution in [0.25, 0.3) is 11.5 Å². The van der Waals surface area contributed by atoms with E-state index in [4.69, 9.17) is 4.52 Å². The van der Waals surface area contributed by atoms with Crippen molar-refractivity contribution < 1.29 is 12.9 Å². The van der Waals surface area contributed by atoms with Crippen molar-refractivity contribution in [3.8, 4) is 11.5 Å². The van der Waals surface area contributed by atoms with Gasteiger partial charge in [-0.25, -0.2) is 8.42 Å². The SMILES string of the molecule is CNC(C)Cc1noc(-c2cccc(N3CCCS3(=O)=O)c2)n1. The molecular formula is C15H20N4O3S. The highest BCUT2D eigenvalue weighted by Gasteiger charge is 2.28. The quantitative estimate of drug-likeness (QED) is 0.888. The van der Waals surface area contributed by atoms with Gasteiger partial charge in [-0.05, 0) is 38.6 Å². The summed E-state index contributed by atoms with van der Waals surface area (Å²) < 4.78 is 30.8. The van der Waals surface area contributed by atoms with Gasteiger partial charge in [-0.15, -0.1) is 0 Å². The molecule has 0 bridgehead atoms. The predicted molar refractivity (Wildman–Crippen MR) is 87.7 cm³/mol.